The third-order valence-electron chi connectivity index (χ3n) is 2.02. The first kappa shape index (κ1) is 11.3. The molecule has 3 N–H and O–H groups in total. The number of nitrogens with two attached hydrogens (primary N) is 1. The van der Waals surface area contributed by atoms with E-state index in [-0.39, 0.29) is 5.75 Å². The Morgan fingerprint density at radius 2 is 2.21 bits per heavy atom. The molecular weight excluding hydrogens is 246 g/mol. The molecule has 0 spiro atoms. The predicted molar refractivity (Wildman–Crippen MR) is 59.7 cm³/mol. The highest BCUT2D eigenvalue weighted by Crippen LogP contribution is 2.35. The molecule has 0 amide bonds. The quantitative estimate of drug-likeness (QED) is 0.871. The Balaban J connectivity index is 3.03. The molecule has 0 radical (unpaired) electrons. The van der Waals surface area contributed by atoms with E-state index in [1.54, 1.807) is 19.2 Å². The fraction of sp³-hybridized carbons (Fsp3) is 0.400. The first-order chi connectivity index (χ1) is 6.70. The van der Waals surface area contributed by atoms with Gasteiger partial charge in [0, 0.05) is 5.56 Å². The van der Waals surface area contributed by atoms with Crippen LogP contribution in [0.15, 0.2) is 16.6 Å². The maximum absolute atomic E-state index is 9.63. The zero-order chi connectivity index (χ0) is 10.6. The molecule has 1 aromatic carbocycles. The average molecular weight is 260 g/mol. The summed E-state index contributed by atoms with van der Waals surface area (Å²) in [5.41, 5.74) is 6.23. The first-order valence-corrected chi connectivity index (χ1v) is 5.24. The van der Waals surface area contributed by atoms with Gasteiger partial charge in [-0.3, -0.25) is 0 Å². The van der Waals surface area contributed by atoms with Crippen LogP contribution < -0.4 is 10.5 Å². The summed E-state index contributed by atoms with van der Waals surface area (Å²) in [5, 5.41) is 9.63. The summed E-state index contributed by atoms with van der Waals surface area (Å²) in [6, 6.07) is 3.42. The third kappa shape index (κ3) is 2.39. The monoisotopic (exact) mass is 259 g/mol. The highest BCUT2D eigenvalue weighted by molar-refractivity contribution is 9.10. The van der Waals surface area contributed by atoms with E-state index in [1.165, 1.54) is 0 Å². The molecule has 4 heteroatoms. The molecule has 0 fully saturated rings. The third-order valence-corrected chi connectivity index (χ3v) is 2.65. The van der Waals surface area contributed by atoms with Gasteiger partial charge in [0.05, 0.1) is 11.6 Å². The molecule has 0 unspecified atom stereocenters. The highest BCUT2D eigenvalue weighted by Gasteiger charge is 2.11. The molecule has 0 aliphatic carbocycles. The van der Waals surface area contributed by atoms with E-state index in [4.69, 9.17) is 10.5 Å². The lowest BCUT2D eigenvalue weighted by molar-refractivity contribution is 0.396. The van der Waals surface area contributed by atoms with Gasteiger partial charge in [0.2, 0.25) is 0 Å². The van der Waals surface area contributed by atoms with Gasteiger partial charge in [0.25, 0.3) is 0 Å². The second kappa shape index (κ2) is 5.22. The van der Waals surface area contributed by atoms with Crippen LogP contribution in [0.25, 0.3) is 0 Å². The van der Waals surface area contributed by atoms with Gasteiger partial charge in [-0.1, -0.05) is 0 Å². The van der Waals surface area contributed by atoms with Crippen molar-refractivity contribution in [3.8, 4) is 11.5 Å². The van der Waals surface area contributed by atoms with Crippen molar-refractivity contribution in [3.63, 3.8) is 0 Å². The Kier molecular flexibility index (Phi) is 4.22. The van der Waals surface area contributed by atoms with Crippen molar-refractivity contribution in [3.05, 3.63) is 22.2 Å². The Bertz CT molecular complexity index is 315. The summed E-state index contributed by atoms with van der Waals surface area (Å²) in [7, 11) is 1.59. The number of rotatable bonds is 4. The van der Waals surface area contributed by atoms with E-state index < -0.39 is 0 Å². The summed E-state index contributed by atoms with van der Waals surface area (Å²) < 4.78 is 6.06. The van der Waals surface area contributed by atoms with Crippen molar-refractivity contribution in [1.82, 2.24) is 0 Å². The average Bonchev–Trinajstić information content (AvgIpc) is 2.19. The minimum absolute atomic E-state index is 0.263. The molecule has 0 saturated carbocycles. The van der Waals surface area contributed by atoms with Crippen LogP contribution in [0.4, 0.5) is 0 Å². The fourth-order valence-corrected chi connectivity index (χ4v) is 1.86. The van der Waals surface area contributed by atoms with Crippen molar-refractivity contribution >= 4 is 15.9 Å². The summed E-state index contributed by atoms with van der Waals surface area (Å²) in [6.45, 7) is 0.606. The largest absolute Gasteiger partial charge is 0.508 e. The predicted octanol–water partition coefficient (Wildman–Crippen LogP) is 2.05. The summed E-state index contributed by atoms with van der Waals surface area (Å²) >= 11 is 3.37. The SMILES string of the molecule is COc1c(Br)ccc(O)c1CCCN. The topological polar surface area (TPSA) is 55.5 Å². The van der Waals surface area contributed by atoms with Crippen molar-refractivity contribution in [2.75, 3.05) is 13.7 Å². The van der Waals surface area contributed by atoms with Gasteiger partial charge in [-0.2, -0.15) is 0 Å². The van der Waals surface area contributed by atoms with Gasteiger partial charge in [0.15, 0.2) is 0 Å². The molecule has 1 aromatic rings. The molecule has 0 saturated heterocycles. The standard InChI is InChI=1S/C10H14BrNO2/c1-14-10-7(3-2-6-12)9(13)5-4-8(10)11/h4-5,13H,2-3,6,12H2,1H3. The maximum atomic E-state index is 9.63. The van der Waals surface area contributed by atoms with Crippen molar-refractivity contribution in [1.29, 1.82) is 0 Å². The molecule has 1 rings (SSSR count). The van der Waals surface area contributed by atoms with Crippen LogP contribution in [0.5, 0.6) is 11.5 Å². The number of benzene rings is 1. The molecule has 0 aliphatic rings. The fourth-order valence-electron chi connectivity index (χ4n) is 1.33. The molecule has 78 valence electrons. The second-order valence-corrected chi connectivity index (χ2v) is 3.82. The van der Waals surface area contributed by atoms with Gasteiger partial charge in [0.1, 0.15) is 11.5 Å². The van der Waals surface area contributed by atoms with Crippen LogP contribution in [0.1, 0.15) is 12.0 Å². The van der Waals surface area contributed by atoms with Crippen LogP contribution in [0.3, 0.4) is 0 Å². The number of hydrogen-bond donors (Lipinski definition) is 2. The van der Waals surface area contributed by atoms with E-state index in [0.29, 0.717) is 12.3 Å². The van der Waals surface area contributed by atoms with E-state index in [9.17, 15) is 5.11 Å². The molecule has 0 aliphatic heterocycles. The molecule has 0 aromatic heterocycles. The molecule has 14 heavy (non-hydrogen) atoms. The Morgan fingerprint density at radius 1 is 1.50 bits per heavy atom. The Labute approximate surface area is 92.0 Å². The summed E-state index contributed by atoms with van der Waals surface area (Å²) in [5.74, 6) is 0.956. The van der Waals surface area contributed by atoms with Crippen LogP contribution in [-0.4, -0.2) is 18.8 Å². The first-order valence-electron chi connectivity index (χ1n) is 4.45. The molecule has 0 atom stereocenters. The number of hydrogen-bond acceptors (Lipinski definition) is 3. The van der Waals surface area contributed by atoms with Crippen molar-refractivity contribution < 1.29 is 9.84 Å². The van der Waals surface area contributed by atoms with Crippen LogP contribution in [0, 0.1) is 0 Å². The maximum Gasteiger partial charge on any atom is 0.139 e. The normalized spacial score (nSPS) is 10.2. The van der Waals surface area contributed by atoms with Gasteiger partial charge >= 0.3 is 0 Å². The molecule has 0 heterocycles. The Hall–Kier alpha value is -0.740. The zero-order valence-corrected chi connectivity index (χ0v) is 9.67. The number of phenolic OH excluding ortho intramolecular Hbond substituents is 1. The number of methoxy groups -OCH3 is 1. The molecule has 0 bridgehead atoms. The van der Waals surface area contributed by atoms with E-state index >= 15 is 0 Å². The van der Waals surface area contributed by atoms with Crippen molar-refractivity contribution in [2.24, 2.45) is 5.73 Å². The smallest absolute Gasteiger partial charge is 0.139 e. The van der Waals surface area contributed by atoms with Gasteiger partial charge in [-0.25, -0.2) is 0 Å². The van der Waals surface area contributed by atoms with Crippen LogP contribution >= 0.6 is 15.9 Å². The lowest BCUT2D eigenvalue weighted by Crippen LogP contribution is -2.02. The summed E-state index contributed by atoms with van der Waals surface area (Å²) in [6.07, 6.45) is 1.56. The molecule has 3 nitrogen and oxygen atoms in total. The number of aromatic hydroxyl groups is 1. The molecular formula is C10H14BrNO2. The number of phenols is 1. The van der Waals surface area contributed by atoms with Gasteiger partial charge in [-0.05, 0) is 47.4 Å². The van der Waals surface area contributed by atoms with Gasteiger partial charge < -0.3 is 15.6 Å². The lowest BCUT2D eigenvalue weighted by atomic mass is 10.1. The van der Waals surface area contributed by atoms with E-state index in [2.05, 4.69) is 15.9 Å². The van der Waals surface area contributed by atoms with E-state index in [0.717, 1.165) is 22.9 Å². The number of halogens is 1. The highest BCUT2D eigenvalue weighted by atomic mass is 79.9. The van der Waals surface area contributed by atoms with Crippen LogP contribution in [-0.2, 0) is 6.42 Å². The zero-order valence-electron chi connectivity index (χ0n) is 8.09. The second-order valence-electron chi connectivity index (χ2n) is 2.97. The lowest BCUT2D eigenvalue weighted by Gasteiger charge is -2.11. The minimum Gasteiger partial charge on any atom is -0.508 e. The summed E-state index contributed by atoms with van der Waals surface area (Å²) in [4.78, 5) is 0. The minimum atomic E-state index is 0.263. The van der Waals surface area contributed by atoms with Crippen molar-refractivity contribution in [2.45, 2.75) is 12.8 Å². The van der Waals surface area contributed by atoms with Gasteiger partial charge in [-0.15, -0.1) is 0 Å². The van der Waals surface area contributed by atoms with E-state index in [1.807, 2.05) is 0 Å². The number of ether oxygens (including phenoxy) is 1. The van der Waals surface area contributed by atoms with Crippen LogP contribution in [0.2, 0.25) is 0 Å². The Morgan fingerprint density at radius 3 is 2.79 bits per heavy atom.